The van der Waals surface area contributed by atoms with E-state index < -0.39 is 11.9 Å². The van der Waals surface area contributed by atoms with Gasteiger partial charge in [0.2, 0.25) is 0 Å². The molecule has 6 nitrogen and oxygen atoms in total. The van der Waals surface area contributed by atoms with Gasteiger partial charge in [-0.3, -0.25) is 14.5 Å². The van der Waals surface area contributed by atoms with E-state index in [9.17, 15) is 14.4 Å². The number of benzene rings is 3. The van der Waals surface area contributed by atoms with Gasteiger partial charge in [0, 0.05) is 5.56 Å². The van der Waals surface area contributed by atoms with Crippen molar-refractivity contribution in [1.29, 1.82) is 5.26 Å². The highest BCUT2D eigenvalue weighted by Crippen LogP contribution is 2.26. The Balaban J connectivity index is 1.51. The molecule has 3 aromatic rings. The number of ether oxygens (including phenoxy) is 1. The lowest BCUT2D eigenvalue weighted by Gasteiger charge is -2.13. The minimum absolute atomic E-state index is 0.0628. The fraction of sp³-hybridized carbons (Fsp3) is 0.0833. The third-order valence-corrected chi connectivity index (χ3v) is 4.89. The molecule has 0 saturated heterocycles. The highest BCUT2D eigenvalue weighted by Gasteiger charge is 2.36. The predicted octanol–water partition coefficient (Wildman–Crippen LogP) is 3.71. The second-order valence-corrected chi connectivity index (χ2v) is 6.79. The summed E-state index contributed by atoms with van der Waals surface area (Å²) in [6.45, 7) is 0.102. The molecule has 0 fully saturated rings. The second-order valence-electron chi connectivity index (χ2n) is 6.79. The first-order valence-corrected chi connectivity index (χ1v) is 9.28. The van der Waals surface area contributed by atoms with E-state index in [2.05, 4.69) is 0 Å². The van der Waals surface area contributed by atoms with Crippen molar-refractivity contribution in [1.82, 2.24) is 4.90 Å². The third-order valence-electron chi connectivity index (χ3n) is 4.89. The van der Waals surface area contributed by atoms with Gasteiger partial charge in [-0.25, -0.2) is 4.79 Å². The largest absolute Gasteiger partial charge is 0.457 e. The van der Waals surface area contributed by atoms with E-state index >= 15 is 0 Å². The summed E-state index contributed by atoms with van der Waals surface area (Å²) in [6.07, 6.45) is 0. The Bertz CT molecular complexity index is 1200. The fourth-order valence-corrected chi connectivity index (χ4v) is 3.31. The molecule has 3 aromatic carbocycles. The van der Waals surface area contributed by atoms with Crippen LogP contribution in [0.2, 0.25) is 0 Å². The van der Waals surface area contributed by atoms with Crippen molar-refractivity contribution in [2.75, 3.05) is 0 Å². The molecule has 1 aliphatic heterocycles. The molecule has 30 heavy (non-hydrogen) atoms. The van der Waals surface area contributed by atoms with Crippen LogP contribution < -0.4 is 0 Å². The number of fused-ring (bicyclic) bond motifs is 1. The molecule has 0 saturated carbocycles. The minimum atomic E-state index is -0.632. The van der Waals surface area contributed by atoms with Crippen molar-refractivity contribution in [2.45, 2.75) is 13.2 Å². The molecular weight excluding hydrogens is 380 g/mol. The number of nitrogens with zero attached hydrogens (tertiary/aromatic N) is 2. The summed E-state index contributed by atoms with van der Waals surface area (Å²) in [5, 5.41) is 9.13. The molecule has 0 spiro atoms. The van der Waals surface area contributed by atoms with E-state index in [0.717, 1.165) is 10.5 Å². The monoisotopic (exact) mass is 396 g/mol. The average molecular weight is 396 g/mol. The number of nitriles is 1. The van der Waals surface area contributed by atoms with Gasteiger partial charge in [0.25, 0.3) is 11.8 Å². The Morgan fingerprint density at radius 2 is 1.60 bits per heavy atom. The number of rotatable bonds is 5. The summed E-state index contributed by atoms with van der Waals surface area (Å²) < 4.78 is 5.30. The van der Waals surface area contributed by atoms with Crippen LogP contribution in [-0.4, -0.2) is 22.7 Å². The van der Waals surface area contributed by atoms with Crippen LogP contribution in [0, 0.1) is 11.3 Å². The van der Waals surface area contributed by atoms with Gasteiger partial charge in [-0.2, -0.15) is 5.26 Å². The van der Waals surface area contributed by atoms with Crippen LogP contribution in [0.4, 0.5) is 0 Å². The minimum Gasteiger partial charge on any atom is -0.457 e. The number of esters is 1. The first-order valence-electron chi connectivity index (χ1n) is 9.28. The number of carbonyl (C=O) groups is 3. The smallest absolute Gasteiger partial charge is 0.338 e. The zero-order chi connectivity index (χ0) is 21.1. The molecule has 0 atom stereocenters. The fourth-order valence-electron chi connectivity index (χ4n) is 3.31. The third kappa shape index (κ3) is 3.56. The topological polar surface area (TPSA) is 87.5 Å². The van der Waals surface area contributed by atoms with Gasteiger partial charge in [0.15, 0.2) is 0 Å². The van der Waals surface area contributed by atoms with E-state index in [1.165, 1.54) is 18.2 Å². The standard InChI is InChI=1S/C24H16N2O4/c25-13-18-8-4-5-9-19(18)15-30-24(29)17-10-11-20-21(12-17)23(28)26(22(20)27)14-16-6-2-1-3-7-16/h1-12H,14-15H2. The average Bonchev–Trinajstić information content (AvgIpc) is 3.02. The molecule has 1 aliphatic rings. The Labute approximate surface area is 172 Å². The summed E-state index contributed by atoms with van der Waals surface area (Å²) in [7, 11) is 0. The van der Waals surface area contributed by atoms with Crippen LogP contribution in [0.3, 0.4) is 0 Å². The maximum Gasteiger partial charge on any atom is 0.338 e. The Hall–Kier alpha value is -4.24. The quantitative estimate of drug-likeness (QED) is 0.485. The summed E-state index contributed by atoms with van der Waals surface area (Å²) in [6, 6.07) is 22.4. The number of imide groups is 1. The molecule has 6 heteroatoms. The van der Waals surface area contributed by atoms with Crippen LogP contribution in [-0.2, 0) is 17.9 Å². The van der Waals surface area contributed by atoms with Crippen molar-refractivity contribution in [3.05, 3.63) is 106 Å². The molecule has 146 valence electrons. The van der Waals surface area contributed by atoms with Gasteiger partial charge in [0.1, 0.15) is 6.61 Å². The van der Waals surface area contributed by atoms with Gasteiger partial charge in [0.05, 0.1) is 34.9 Å². The lowest BCUT2D eigenvalue weighted by molar-refractivity contribution is 0.0472. The Kier molecular flexibility index (Phi) is 5.10. The number of hydrogen-bond acceptors (Lipinski definition) is 5. The lowest BCUT2D eigenvalue weighted by Crippen LogP contribution is -2.29. The molecular formula is C24H16N2O4. The summed E-state index contributed by atoms with van der Waals surface area (Å²) >= 11 is 0. The van der Waals surface area contributed by atoms with Gasteiger partial charge in [-0.1, -0.05) is 48.5 Å². The van der Waals surface area contributed by atoms with E-state index in [0.29, 0.717) is 11.1 Å². The van der Waals surface area contributed by atoms with E-state index in [1.54, 1.807) is 24.3 Å². The summed E-state index contributed by atoms with van der Waals surface area (Å²) in [5.74, 6) is -1.46. The second kappa shape index (κ2) is 8.02. The molecule has 0 aromatic heterocycles. The predicted molar refractivity (Wildman–Crippen MR) is 107 cm³/mol. The lowest BCUT2D eigenvalue weighted by atomic mass is 10.1. The van der Waals surface area contributed by atoms with Crippen molar-refractivity contribution in [2.24, 2.45) is 0 Å². The molecule has 0 bridgehead atoms. The summed E-state index contributed by atoms with van der Waals surface area (Å²) in [5.41, 5.74) is 2.48. The molecule has 0 aliphatic carbocycles. The van der Waals surface area contributed by atoms with Crippen molar-refractivity contribution in [3.63, 3.8) is 0 Å². The highest BCUT2D eigenvalue weighted by molar-refractivity contribution is 6.21. The van der Waals surface area contributed by atoms with Crippen molar-refractivity contribution in [3.8, 4) is 6.07 Å². The van der Waals surface area contributed by atoms with Crippen LogP contribution in [0.1, 0.15) is 47.8 Å². The molecule has 2 amide bonds. The van der Waals surface area contributed by atoms with Crippen LogP contribution in [0.5, 0.6) is 0 Å². The maximum absolute atomic E-state index is 12.8. The number of amides is 2. The number of carbonyl (C=O) groups excluding carboxylic acids is 3. The van der Waals surface area contributed by atoms with Crippen LogP contribution >= 0.6 is 0 Å². The first kappa shape index (κ1) is 19.1. The SMILES string of the molecule is N#Cc1ccccc1COC(=O)c1ccc2c(c1)C(=O)N(Cc1ccccc1)C2=O. The first-order chi connectivity index (χ1) is 14.6. The van der Waals surface area contributed by atoms with Gasteiger partial charge in [-0.05, 0) is 29.8 Å². The summed E-state index contributed by atoms with van der Waals surface area (Å²) in [4.78, 5) is 39.0. The molecule has 0 unspecified atom stereocenters. The molecule has 0 N–H and O–H groups in total. The highest BCUT2D eigenvalue weighted by atomic mass is 16.5. The van der Waals surface area contributed by atoms with Crippen LogP contribution in [0.15, 0.2) is 72.8 Å². The zero-order valence-electron chi connectivity index (χ0n) is 15.9. The van der Waals surface area contributed by atoms with E-state index in [1.807, 2.05) is 36.4 Å². The normalized spacial score (nSPS) is 12.4. The van der Waals surface area contributed by atoms with Crippen molar-refractivity contribution >= 4 is 17.8 Å². The van der Waals surface area contributed by atoms with Gasteiger partial charge < -0.3 is 4.74 Å². The van der Waals surface area contributed by atoms with Crippen molar-refractivity contribution < 1.29 is 19.1 Å². The Morgan fingerprint density at radius 1 is 0.900 bits per heavy atom. The van der Waals surface area contributed by atoms with E-state index in [-0.39, 0.29) is 35.7 Å². The van der Waals surface area contributed by atoms with E-state index in [4.69, 9.17) is 10.00 Å². The van der Waals surface area contributed by atoms with Gasteiger partial charge >= 0.3 is 5.97 Å². The number of hydrogen-bond donors (Lipinski definition) is 0. The maximum atomic E-state index is 12.8. The Morgan fingerprint density at radius 3 is 2.37 bits per heavy atom. The molecule has 1 heterocycles. The van der Waals surface area contributed by atoms with Crippen LogP contribution in [0.25, 0.3) is 0 Å². The van der Waals surface area contributed by atoms with Gasteiger partial charge in [-0.15, -0.1) is 0 Å². The molecule has 4 rings (SSSR count). The molecule has 0 radical (unpaired) electrons. The zero-order valence-corrected chi connectivity index (χ0v) is 15.9.